The van der Waals surface area contributed by atoms with Crippen LogP contribution in [-0.4, -0.2) is 5.91 Å². The molecule has 1 amide bonds. The van der Waals surface area contributed by atoms with Crippen LogP contribution in [0, 0.1) is 5.82 Å². The van der Waals surface area contributed by atoms with Crippen LogP contribution in [0.15, 0.2) is 66.7 Å². The van der Waals surface area contributed by atoms with E-state index < -0.39 is 11.7 Å². The Balaban J connectivity index is 1.60. The van der Waals surface area contributed by atoms with Crippen LogP contribution >= 0.6 is 11.6 Å². The van der Waals surface area contributed by atoms with Crippen LogP contribution in [0.4, 0.5) is 10.1 Å². The largest absolute Gasteiger partial charge is 0.489 e. The molecular formula is C24H23ClFNO2. The summed E-state index contributed by atoms with van der Waals surface area (Å²) < 4.78 is 19.6. The predicted molar refractivity (Wildman–Crippen MR) is 115 cm³/mol. The van der Waals surface area contributed by atoms with Gasteiger partial charge in [0.1, 0.15) is 18.2 Å². The maximum absolute atomic E-state index is 13.8. The highest BCUT2D eigenvalue weighted by Gasteiger charge is 2.13. The number of benzene rings is 3. The molecule has 0 heterocycles. The Morgan fingerprint density at radius 2 is 1.66 bits per heavy atom. The number of ether oxygens (including phenoxy) is 1. The van der Waals surface area contributed by atoms with Gasteiger partial charge in [-0.3, -0.25) is 4.79 Å². The summed E-state index contributed by atoms with van der Waals surface area (Å²) in [6, 6.07) is 19.1. The van der Waals surface area contributed by atoms with Crippen LogP contribution in [0.25, 0.3) is 0 Å². The molecule has 1 N–H and O–H groups in total. The van der Waals surface area contributed by atoms with Gasteiger partial charge in [-0.1, -0.05) is 56.6 Å². The summed E-state index contributed by atoms with van der Waals surface area (Å²) in [5.74, 6) is -0.155. The fraction of sp³-hybridized carbons (Fsp3) is 0.208. The van der Waals surface area contributed by atoms with E-state index >= 15 is 0 Å². The maximum Gasteiger partial charge on any atom is 0.255 e. The third kappa shape index (κ3) is 5.58. The molecule has 0 atom stereocenters. The average molecular weight is 412 g/mol. The third-order valence-corrected chi connectivity index (χ3v) is 4.75. The summed E-state index contributed by atoms with van der Waals surface area (Å²) in [7, 11) is 0. The predicted octanol–water partition coefficient (Wildman–Crippen LogP) is 6.61. The molecule has 0 saturated heterocycles. The number of carbonyl (C=O) groups is 1. The van der Waals surface area contributed by atoms with Gasteiger partial charge in [0.2, 0.25) is 0 Å². The van der Waals surface area contributed by atoms with Crippen LogP contribution in [-0.2, 0) is 12.0 Å². The van der Waals surface area contributed by atoms with Crippen LogP contribution in [0.3, 0.4) is 0 Å². The third-order valence-electron chi connectivity index (χ3n) is 4.52. The van der Waals surface area contributed by atoms with Crippen LogP contribution < -0.4 is 10.1 Å². The number of halogens is 2. The first-order valence-electron chi connectivity index (χ1n) is 9.31. The second kappa shape index (κ2) is 8.66. The quantitative estimate of drug-likeness (QED) is 0.513. The molecule has 0 aliphatic rings. The van der Waals surface area contributed by atoms with Crippen LogP contribution in [0.5, 0.6) is 5.75 Å². The molecule has 3 aromatic rings. The summed E-state index contributed by atoms with van der Waals surface area (Å²) in [6.07, 6.45) is 0. The molecule has 5 heteroatoms. The Morgan fingerprint density at radius 1 is 1.00 bits per heavy atom. The zero-order valence-corrected chi connectivity index (χ0v) is 17.4. The molecular weight excluding hydrogens is 389 g/mol. The monoisotopic (exact) mass is 411 g/mol. The zero-order chi connectivity index (χ0) is 21.0. The van der Waals surface area contributed by atoms with Crippen molar-refractivity contribution in [3.63, 3.8) is 0 Å². The Bertz CT molecular complexity index is 993. The number of hydrogen-bond acceptors (Lipinski definition) is 2. The standard InChI is InChI=1S/C24H23ClFNO2/c1-24(2,3)18-8-11-20(12-9-18)29-15-16-4-6-17(7-5-16)23(28)27-22-14-19(25)10-13-21(22)26/h4-14H,15H2,1-3H3,(H,27,28). The molecule has 0 aliphatic carbocycles. The van der Waals surface area contributed by atoms with Gasteiger partial charge >= 0.3 is 0 Å². The van der Waals surface area contributed by atoms with E-state index in [9.17, 15) is 9.18 Å². The molecule has 0 aliphatic heterocycles. The van der Waals surface area contributed by atoms with Gasteiger partial charge in [-0.15, -0.1) is 0 Å². The zero-order valence-electron chi connectivity index (χ0n) is 16.6. The summed E-state index contributed by atoms with van der Waals surface area (Å²) in [5, 5.41) is 2.88. The van der Waals surface area contributed by atoms with E-state index in [4.69, 9.17) is 16.3 Å². The van der Waals surface area contributed by atoms with E-state index in [1.54, 1.807) is 12.1 Å². The summed E-state index contributed by atoms with van der Waals surface area (Å²) >= 11 is 5.85. The maximum atomic E-state index is 13.8. The van der Waals surface area contributed by atoms with Crippen LogP contribution in [0.2, 0.25) is 5.02 Å². The molecule has 3 nitrogen and oxygen atoms in total. The van der Waals surface area contributed by atoms with Crippen molar-refractivity contribution in [2.75, 3.05) is 5.32 Å². The molecule has 0 bridgehead atoms. The van der Waals surface area contributed by atoms with Crippen molar-refractivity contribution in [2.45, 2.75) is 32.8 Å². The van der Waals surface area contributed by atoms with E-state index in [-0.39, 0.29) is 11.1 Å². The smallest absolute Gasteiger partial charge is 0.255 e. The van der Waals surface area contributed by atoms with Crippen molar-refractivity contribution in [3.8, 4) is 5.75 Å². The van der Waals surface area contributed by atoms with E-state index in [1.807, 2.05) is 24.3 Å². The Labute approximate surface area is 175 Å². The molecule has 0 unspecified atom stereocenters. The average Bonchev–Trinajstić information content (AvgIpc) is 2.69. The molecule has 0 saturated carbocycles. The fourth-order valence-corrected chi connectivity index (χ4v) is 2.93. The fourth-order valence-electron chi connectivity index (χ4n) is 2.76. The van der Waals surface area contributed by atoms with Crippen molar-refractivity contribution in [3.05, 3.63) is 94.3 Å². The molecule has 0 fully saturated rings. The molecule has 3 aromatic carbocycles. The molecule has 150 valence electrons. The minimum Gasteiger partial charge on any atom is -0.489 e. The van der Waals surface area contributed by atoms with Gasteiger partial charge in [0, 0.05) is 10.6 Å². The van der Waals surface area contributed by atoms with E-state index in [2.05, 4.69) is 38.2 Å². The number of anilines is 1. The first-order chi connectivity index (χ1) is 13.7. The molecule has 0 spiro atoms. The van der Waals surface area contributed by atoms with Gasteiger partial charge in [-0.2, -0.15) is 0 Å². The van der Waals surface area contributed by atoms with Crippen molar-refractivity contribution in [2.24, 2.45) is 0 Å². The Kier molecular flexibility index (Phi) is 6.23. The van der Waals surface area contributed by atoms with E-state index in [0.717, 1.165) is 11.3 Å². The highest BCUT2D eigenvalue weighted by atomic mass is 35.5. The lowest BCUT2D eigenvalue weighted by atomic mass is 9.87. The van der Waals surface area contributed by atoms with Crippen molar-refractivity contribution < 1.29 is 13.9 Å². The molecule has 0 radical (unpaired) electrons. The molecule has 3 rings (SSSR count). The highest BCUT2D eigenvalue weighted by molar-refractivity contribution is 6.31. The highest BCUT2D eigenvalue weighted by Crippen LogP contribution is 2.25. The summed E-state index contributed by atoms with van der Waals surface area (Å²) in [4.78, 5) is 12.3. The van der Waals surface area contributed by atoms with E-state index in [1.165, 1.54) is 23.8 Å². The van der Waals surface area contributed by atoms with Gasteiger partial charge in [-0.05, 0) is 59.0 Å². The van der Waals surface area contributed by atoms with Gasteiger partial charge in [0.05, 0.1) is 5.69 Å². The van der Waals surface area contributed by atoms with Gasteiger partial charge in [0.15, 0.2) is 0 Å². The molecule has 0 aromatic heterocycles. The Morgan fingerprint density at radius 3 is 2.28 bits per heavy atom. The second-order valence-electron chi connectivity index (χ2n) is 7.84. The van der Waals surface area contributed by atoms with E-state index in [0.29, 0.717) is 17.2 Å². The minimum atomic E-state index is -0.537. The SMILES string of the molecule is CC(C)(C)c1ccc(OCc2ccc(C(=O)Nc3cc(Cl)ccc3F)cc2)cc1. The molecule has 29 heavy (non-hydrogen) atoms. The second-order valence-corrected chi connectivity index (χ2v) is 8.27. The van der Waals surface area contributed by atoms with Crippen molar-refractivity contribution >= 4 is 23.2 Å². The minimum absolute atomic E-state index is 0.0496. The number of amides is 1. The van der Waals surface area contributed by atoms with Crippen molar-refractivity contribution in [1.82, 2.24) is 0 Å². The first-order valence-corrected chi connectivity index (χ1v) is 9.69. The number of nitrogens with one attached hydrogen (secondary N) is 1. The first kappa shape index (κ1) is 20.9. The number of hydrogen-bond donors (Lipinski definition) is 1. The topological polar surface area (TPSA) is 38.3 Å². The van der Waals surface area contributed by atoms with Crippen LogP contribution in [0.1, 0.15) is 42.3 Å². The lowest BCUT2D eigenvalue weighted by molar-refractivity contribution is 0.102. The summed E-state index contributed by atoms with van der Waals surface area (Å²) in [6.45, 7) is 6.89. The van der Waals surface area contributed by atoms with Gasteiger partial charge in [-0.25, -0.2) is 4.39 Å². The normalized spacial score (nSPS) is 11.2. The lowest BCUT2D eigenvalue weighted by Gasteiger charge is -2.19. The van der Waals surface area contributed by atoms with Gasteiger partial charge < -0.3 is 10.1 Å². The Hall–Kier alpha value is -2.85. The summed E-state index contributed by atoms with van der Waals surface area (Å²) in [5.41, 5.74) is 2.74. The number of carbonyl (C=O) groups excluding carboxylic acids is 1. The van der Waals surface area contributed by atoms with Crippen molar-refractivity contribution in [1.29, 1.82) is 0 Å². The van der Waals surface area contributed by atoms with Gasteiger partial charge in [0.25, 0.3) is 5.91 Å². The lowest BCUT2D eigenvalue weighted by Crippen LogP contribution is -2.13. The number of rotatable bonds is 5.